The van der Waals surface area contributed by atoms with E-state index in [9.17, 15) is 0 Å². The fraction of sp³-hybridized carbons (Fsp3) is 0.455. The Balaban J connectivity index is 1.60. The Hall–Kier alpha value is -1.17. The number of rotatable bonds is 8. The van der Waals surface area contributed by atoms with Crippen LogP contribution in [0.4, 0.5) is 0 Å². The van der Waals surface area contributed by atoms with Crippen molar-refractivity contribution >= 4 is 34.8 Å². The quantitative estimate of drug-likeness (QED) is 0.529. The van der Waals surface area contributed by atoms with Gasteiger partial charge in [-0.3, -0.25) is 0 Å². The topological polar surface area (TPSA) is 24.9 Å². The van der Waals surface area contributed by atoms with E-state index < -0.39 is 0 Å². The van der Waals surface area contributed by atoms with Crippen LogP contribution in [0, 0.1) is 0 Å². The first-order chi connectivity index (χ1) is 14.0. The zero-order valence-corrected chi connectivity index (χ0v) is 19.2. The molecule has 1 aliphatic heterocycles. The number of aryl methyl sites for hydroxylation is 1. The van der Waals surface area contributed by atoms with E-state index in [1.54, 1.807) is 19.2 Å². The molecule has 1 fully saturated rings. The maximum absolute atomic E-state index is 6.22. The van der Waals surface area contributed by atoms with Gasteiger partial charge in [0.1, 0.15) is 12.4 Å². The molecule has 1 saturated heterocycles. The number of halogens is 3. The molecule has 29 heavy (non-hydrogen) atoms. The third kappa shape index (κ3) is 6.40. The second-order valence-corrected chi connectivity index (χ2v) is 8.63. The molecule has 0 atom stereocenters. The molecule has 1 heterocycles. The Bertz CT molecular complexity index is 801. The molecule has 0 unspecified atom stereocenters. The van der Waals surface area contributed by atoms with Gasteiger partial charge >= 0.3 is 0 Å². The molecule has 158 valence electrons. The van der Waals surface area contributed by atoms with Crippen LogP contribution in [0.15, 0.2) is 30.3 Å². The zero-order chi connectivity index (χ0) is 20.8. The van der Waals surface area contributed by atoms with Crippen LogP contribution >= 0.6 is 34.8 Å². The minimum absolute atomic E-state index is 0.316. The van der Waals surface area contributed by atoms with E-state index >= 15 is 0 Å². The smallest absolute Gasteiger partial charge is 0.157 e. The summed E-state index contributed by atoms with van der Waals surface area (Å²) in [6.45, 7) is 6.06. The van der Waals surface area contributed by atoms with Gasteiger partial charge in [0, 0.05) is 36.8 Å². The monoisotopic (exact) mass is 456 g/mol. The van der Waals surface area contributed by atoms with Crippen molar-refractivity contribution in [1.82, 2.24) is 9.80 Å². The molecule has 7 heteroatoms. The molecule has 0 bridgehead atoms. The highest BCUT2D eigenvalue weighted by Gasteiger charge is 2.14. The van der Waals surface area contributed by atoms with Crippen molar-refractivity contribution in [2.45, 2.75) is 19.4 Å². The van der Waals surface area contributed by atoms with Crippen molar-refractivity contribution in [3.05, 3.63) is 56.5 Å². The first-order valence-electron chi connectivity index (χ1n) is 9.80. The lowest BCUT2D eigenvalue weighted by Gasteiger charge is -2.32. The van der Waals surface area contributed by atoms with E-state index in [-0.39, 0.29) is 0 Å². The summed E-state index contributed by atoms with van der Waals surface area (Å²) < 4.78 is 11.4. The van der Waals surface area contributed by atoms with Crippen LogP contribution in [0.3, 0.4) is 0 Å². The Morgan fingerprint density at radius 2 is 1.66 bits per heavy atom. The standard InChI is InChI=1S/C22H27Cl3N2O2/c1-26-8-10-27(11-9-26)7-3-4-16-5-6-21(28-2)17(12-16)15-29-22-19(24)13-18(23)14-20(22)25/h5-6,12-14H,3-4,7-11,15H2,1-2H3. The van der Waals surface area contributed by atoms with Gasteiger partial charge in [-0.2, -0.15) is 0 Å². The van der Waals surface area contributed by atoms with Crippen LogP contribution in [0.2, 0.25) is 15.1 Å². The van der Waals surface area contributed by atoms with Crippen molar-refractivity contribution in [1.29, 1.82) is 0 Å². The largest absolute Gasteiger partial charge is 0.496 e. The van der Waals surface area contributed by atoms with E-state index in [0.717, 1.165) is 56.9 Å². The molecule has 0 aliphatic carbocycles. The van der Waals surface area contributed by atoms with Crippen LogP contribution in [-0.4, -0.2) is 56.7 Å². The second-order valence-electron chi connectivity index (χ2n) is 7.38. The first-order valence-corrected chi connectivity index (χ1v) is 10.9. The zero-order valence-electron chi connectivity index (χ0n) is 16.9. The van der Waals surface area contributed by atoms with Crippen LogP contribution in [-0.2, 0) is 13.0 Å². The van der Waals surface area contributed by atoms with Gasteiger partial charge in [-0.05, 0) is 56.3 Å². The summed E-state index contributed by atoms with van der Waals surface area (Å²) in [4.78, 5) is 4.92. The lowest BCUT2D eigenvalue weighted by Crippen LogP contribution is -2.44. The number of ether oxygens (including phenoxy) is 2. The lowest BCUT2D eigenvalue weighted by atomic mass is 10.1. The number of hydrogen-bond donors (Lipinski definition) is 0. The van der Waals surface area contributed by atoms with Gasteiger partial charge in [0.2, 0.25) is 0 Å². The molecule has 0 N–H and O–H groups in total. The fourth-order valence-electron chi connectivity index (χ4n) is 3.50. The molecule has 0 amide bonds. The van der Waals surface area contributed by atoms with Crippen molar-refractivity contribution in [2.75, 3.05) is 46.9 Å². The van der Waals surface area contributed by atoms with E-state index in [2.05, 4.69) is 29.0 Å². The second kappa shape index (κ2) is 10.7. The average Bonchev–Trinajstić information content (AvgIpc) is 2.69. The maximum atomic E-state index is 6.22. The summed E-state index contributed by atoms with van der Waals surface area (Å²) >= 11 is 18.4. The van der Waals surface area contributed by atoms with Crippen molar-refractivity contribution in [2.24, 2.45) is 0 Å². The number of benzene rings is 2. The van der Waals surface area contributed by atoms with Gasteiger partial charge < -0.3 is 19.3 Å². The molecule has 0 saturated carbocycles. The molecule has 4 nitrogen and oxygen atoms in total. The number of piperazine rings is 1. The Kier molecular flexibility index (Phi) is 8.34. The summed E-state index contributed by atoms with van der Waals surface area (Å²) in [7, 11) is 3.84. The van der Waals surface area contributed by atoms with Gasteiger partial charge in [0.15, 0.2) is 5.75 Å². The Labute approximate surface area is 188 Å². The molecule has 1 aliphatic rings. The molecule has 2 aromatic rings. The summed E-state index contributed by atoms with van der Waals surface area (Å²) in [5.41, 5.74) is 2.23. The van der Waals surface area contributed by atoms with Crippen molar-refractivity contribution in [3.63, 3.8) is 0 Å². The van der Waals surface area contributed by atoms with Gasteiger partial charge in [-0.1, -0.05) is 40.9 Å². The third-order valence-electron chi connectivity index (χ3n) is 5.22. The van der Waals surface area contributed by atoms with Gasteiger partial charge in [-0.15, -0.1) is 0 Å². The molecule has 3 rings (SSSR count). The first kappa shape index (κ1) is 22.5. The van der Waals surface area contributed by atoms with Gasteiger partial charge in [0.05, 0.1) is 17.2 Å². The minimum atomic E-state index is 0.316. The number of likely N-dealkylation sites (N-methyl/N-ethyl adjacent to an activating group) is 1. The van der Waals surface area contributed by atoms with E-state index in [4.69, 9.17) is 44.3 Å². The van der Waals surface area contributed by atoms with E-state index in [0.29, 0.717) is 27.4 Å². The van der Waals surface area contributed by atoms with E-state index in [1.165, 1.54) is 5.56 Å². The minimum Gasteiger partial charge on any atom is -0.496 e. The van der Waals surface area contributed by atoms with Crippen LogP contribution in [0.5, 0.6) is 11.5 Å². The van der Waals surface area contributed by atoms with Crippen LogP contribution in [0.25, 0.3) is 0 Å². The van der Waals surface area contributed by atoms with Crippen LogP contribution in [0.1, 0.15) is 17.5 Å². The van der Waals surface area contributed by atoms with Gasteiger partial charge in [0.25, 0.3) is 0 Å². The number of methoxy groups -OCH3 is 1. The molecular weight excluding hydrogens is 431 g/mol. The Morgan fingerprint density at radius 1 is 0.966 bits per heavy atom. The summed E-state index contributed by atoms with van der Waals surface area (Å²) in [6.07, 6.45) is 2.15. The summed E-state index contributed by atoms with van der Waals surface area (Å²) in [5.74, 6) is 1.22. The predicted molar refractivity (Wildman–Crippen MR) is 121 cm³/mol. The third-order valence-corrected chi connectivity index (χ3v) is 6.00. The summed E-state index contributed by atoms with van der Waals surface area (Å²) in [5, 5.41) is 1.27. The number of hydrogen-bond acceptors (Lipinski definition) is 4. The summed E-state index contributed by atoms with van der Waals surface area (Å²) in [6, 6.07) is 9.50. The maximum Gasteiger partial charge on any atom is 0.157 e. The highest BCUT2D eigenvalue weighted by atomic mass is 35.5. The molecule has 0 spiro atoms. The lowest BCUT2D eigenvalue weighted by molar-refractivity contribution is 0.153. The molecule has 0 aromatic heterocycles. The Morgan fingerprint density at radius 3 is 2.31 bits per heavy atom. The number of nitrogens with zero attached hydrogens (tertiary/aromatic N) is 2. The normalized spacial score (nSPS) is 15.5. The van der Waals surface area contributed by atoms with Gasteiger partial charge in [-0.25, -0.2) is 0 Å². The highest BCUT2D eigenvalue weighted by Crippen LogP contribution is 2.36. The van der Waals surface area contributed by atoms with Crippen LogP contribution < -0.4 is 9.47 Å². The molecule has 2 aromatic carbocycles. The van der Waals surface area contributed by atoms with E-state index in [1.807, 2.05) is 6.07 Å². The predicted octanol–water partition coefficient (Wildman–Crippen LogP) is 5.41. The fourth-order valence-corrected chi connectivity index (χ4v) is 4.42. The average molecular weight is 458 g/mol. The van der Waals surface area contributed by atoms with Crippen molar-refractivity contribution in [3.8, 4) is 11.5 Å². The SMILES string of the molecule is COc1ccc(CCCN2CCN(C)CC2)cc1COc1c(Cl)cc(Cl)cc1Cl. The molecule has 0 radical (unpaired) electrons. The van der Waals surface area contributed by atoms with Crippen molar-refractivity contribution < 1.29 is 9.47 Å². The highest BCUT2D eigenvalue weighted by molar-refractivity contribution is 6.40. The molecular formula is C22H27Cl3N2O2.